The van der Waals surface area contributed by atoms with Crippen LogP contribution in [0.15, 0.2) is 34.7 Å². The molecule has 0 radical (unpaired) electrons. The number of aromatic hydroxyl groups is 1. The lowest BCUT2D eigenvalue weighted by Crippen LogP contribution is -2.16. The van der Waals surface area contributed by atoms with Gasteiger partial charge in [-0.2, -0.15) is 0 Å². The number of rotatable bonds is 3. The highest BCUT2D eigenvalue weighted by Crippen LogP contribution is 2.31. The van der Waals surface area contributed by atoms with Gasteiger partial charge in [0.1, 0.15) is 0 Å². The number of benzene rings is 1. The van der Waals surface area contributed by atoms with Crippen LogP contribution in [0.4, 0.5) is 17.3 Å². The van der Waals surface area contributed by atoms with Gasteiger partial charge in [-0.1, -0.05) is 18.2 Å². The van der Waals surface area contributed by atoms with Crippen LogP contribution >= 0.6 is 0 Å². The zero-order chi connectivity index (χ0) is 23.3. The van der Waals surface area contributed by atoms with Crippen molar-refractivity contribution in [3.8, 4) is 11.5 Å². The molecule has 2 rings (SSSR count). The van der Waals surface area contributed by atoms with E-state index in [4.69, 9.17) is 9.15 Å². The summed E-state index contributed by atoms with van der Waals surface area (Å²) in [6, 6.07) is 9.48. The fourth-order valence-electron chi connectivity index (χ4n) is 2.35. The molecule has 1 N–H and O–H groups in total. The molecule has 0 amide bonds. The molecular weight excluding hydrogens is 399 g/mol. The number of methoxy groups -OCH3 is 1. The van der Waals surface area contributed by atoms with Crippen molar-refractivity contribution < 1.29 is 31.5 Å². The standard InChI is InChI=1S/C22H28O3.BF4/c1-21(2,3)19-13-16(14-20(25-19)22(4,5)6)9-8-15-10-11-17(23)18(12-15)24-7;2-1(3,4)5/h8-14H,1-7H3;/q;-1/p+1/b9-8+;. The van der Waals surface area contributed by atoms with Crippen LogP contribution in [-0.2, 0) is 10.8 Å². The Morgan fingerprint density at radius 2 is 1.27 bits per heavy atom. The molecule has 1 heterocycles. The van der Waals surface area contributed by atoms with E-state index in [2.05, 4.69) is 59.8 Å². The molecule has 166 valence electrons. The van der Waals surface area contributed by atoms with E-state index in [1.807, 2.05) is 18.2 Å². The van der Waals surface area contributed by atoms with Crippen molar-refractivity contribution >= 4 is 19.4 Å². The summed E-state index contributed by atoms with van der Waals surface area (Å²) < 4.78 is 50.3. The summed E-state index contributed by atoms with van der Waals surface area (Å²) >= 11 is 0. The minimum atomic E-state index is -6.00. The van der Waals surface area contributed by atoms with Gasteiger partial charge in [-0.25, -0.2) is 4.42 Å². The van der Waals surface area contributed by atoms with E-state index in [9.17, 15) is 22.4 Å². The van der Waals surface area contributed by atoms with Crippen LogP contribution in [0.5, 0.6) is 11.5 Å². The Labute approximate surface area is 175 Å². The molecule has 8 heteroatoms. The van der Waals surface area contributed by atoms with E-state index in [1.165, 1.54) is 0 Å². The first-order valence-corrected chi connectivity index (χ1v) is 9.42. The van der Waals surface area contributed by atoms with Crippen molar-refractivity contribution in [2.45, 2.75) is 52.4 Å². The molecule has 30 heavy (non-hydrogen) atoms. The van der Waals surface area contributed by atoms with E-state index in [-0.39, 0.29) is 16.6 Å². The first-order chi connectivity index (χ1) is 13.5. The smallest absolute Gasteiger partial charge is 0.504 e. The maximum Gasteiger partial charge on any atom is 0.673 e. The van der Waals surface area contributed by atoms with Gasteiger partial charge in [0, 0.05) is 12.1 Å². The Kier molecular flexibility index (Phi) is 8.12. The molecule has 0 aliphatic carbocycles. The van der Waals surface area contributed by atoms with E-state index in [0.29, 0.717) is 5.75 Å². The Hall–Kier alpha value is -2.51. The molecule has 2 aromatic rings. The van der Waals surface area contributed by atoms with Crippen LogP contribution in [-0.4, -0.2) is 19.5 Å². The molecule has 0 spiro atoms. The molecule has 3 nitrogen and oxygen atoms in total. The Morgan fingerprint density at radius 3 is 1.67 bits per heavy atom. The van der Waals surface area contributed by atoms with Gasteiger partial charge in [0.2, 0.25) is 0 Å². The number of hydrogen-bond donors (Lipinski definition) is 1. The summed E-state index contributed by atoms with van der Waals surface area (Å²) in [5, 5.41) is 9.71. The molecule has 0 bridgehead atoms. The summed E-state index contributed by atoms with van der Waals surface area (Å²) in [5.41, 5.74) is 1.93. The van der Waals surface area contributed by atoms with Gasteiger partial charge in [-0.3, -0.25) is 0 Å². The van der Waals surface area contributed by atoms with Gasteiger partial charge >= 0.3 is 18.8 Å². The molecule has 0 aliphatic rings. The van der Waals surface area contributed by atoms with Crippen LogP contribution in [0.3, 0.4) is 0 Å². The van der Waals surface area contributed by atoms with E-state index >= 15 is 0 Å². The van der Waals surface area contributed by atoms with E-state index in [0.717, 1.165) is 22.6 Å². The summed E-state index contributed by atoms with van der Waals surface area (Å²) in [6.45, 7) is 12.9. The zero-order valence-electron chi connectivity index (χ0n) is 18.4. The molecule has 1 aromatic heterocycles. The van der Waals surface area contributed by atoms with E-state index in [1.54, 1.807) is 13.2 Å². The minimum Gasteiger partial charge on any atom is -0.504 e. The van der Waals surface area contributed by atoms with Crippen molar-refractivity contribution in [3.63, 3.8) is 0 Å². The van der Waals surface area contributed by atoms with E-state index < -0.39 is 7.25 Å². The largest absolute Gasteiger partial charge is 0.673 e. The summed E-state index contributed by atoms with van der Waals surface area (Å²) in [6.07, 6.45) is 4.07. The van der Waals surface area contributed by atoms with Crippen LogP contribution in [0, 0.1) is 0 Å². The van der Waals surface area contributed by atoms with Gasteiger partial charge in [0.15, 0.2) is 11.5 Å². The predicted octanol–water partition coefficient (Wildman–Crippen LogP) is 7.34. The summed E-state index contributed by atoms with van der Waals surface area (Å²) in [4.78, 5) is 0. The predicted molar refractivity (Wildman–Crippen MR) is 114 cm³/mol. The highest BCUT2D eigenvalue weighted by Gasteiger charge is 2.33. The number of halogens is 4. The van der Waals surface area contributed by atoms with Crippen molar-refractivity contribution in [1.82, 2.24) is 0 Å². The molecule has 0 saturated carbocycles. The maximum atomic E-state index is 9.75. The average molecular weight is 428 g/mol. The first kappa shape index (κ1) is 25.5. The third-order valence-electron chi connectivity index (χ3n) is 3.97. The van der Waals surface area contributed by atoms with Crippen LogP contribution in [0.2, 0.25) is 0 Å². The lowest BCUT2D eigenvalue weighted by Gasteiger charge is -2.14. The average Bonchev–Trinajstić information content (AvgIpc) is 2.58. The molecule has 0 unspecified atom stereocenters. The normalized spacial score (nSPS) is 12.5. The quantitative estimate of drug-likeness (QED) is 0.316. The maximum absolute atomic E-state index is 9.75. The van der Waals surface area contributed by atoms with Crippen molar-refractivity contribution in [1.29, 1.82) is 0 Å². The minimum absolute atomic E-state index is 0.0639. The fourth-order valence-corrected chi connectivity index (χ4v) is 2.35. The van der Waals surface area contributed by atoms with Gasteiger partial charge < -0.3 is 27.1 Å². The van der Waals surface area contributed by atoms with Crippen LogP contribution in [0.25, 0.3) is 12.2 Å². The fraction of sp³-hybridized carbons (Fsp3) is 0.409. The number of phenolic OH excluding ortho intramolecular Hbond substituents is 1. The van der Waals surface area contributed by atoms with Gasteiger partial charge in [-0.05, 0) is 64.8 Å². The first-order valence-electron chi connectivity index (χ1n) is 9.42. The Bertz CT molecular complexity index is 841. The Balaban J connectivity index is 0.000000804. The third-order valence-corrected chi connectivity index (χ3v) is 3.97. The number of hydrogen-bond acceptors (Lipinski definition) is 2. The second kappa shape index (κ2) is 9.54. The van der Waals surface area contributed by atoms with Crippen molar-refractivity contribution in [2.75, 3.05) is 7.11 Å². The topological polar surface area (TPSA) is 40.8 Å². The lowest BCUT2D eigenvalue weighted by atomic mass is 9.88. The Morgan fingerprint density at radius 1 is 0.833 bits per heavy atom. The number of ether oxygens (including phenoxy) is 1. The monoisotopic (exact) mass is 428 g/mol. The number of phenols is 1. The molecule has 0 fully saturated rings. The second-order valence-electron chi connectivity index (χ2n) is 8.88. The molecule has 0 aliphatic heterocycles. The van der Waals surface area contributed by atoms with Gasteiger partial charge in [0.05, 0.1) is 17.9 Å². The van der Waals surface area contributed by atoms with Crippen LogP contribution < -0.4 is 4.74 Å². The molecule has 1 aromatic carbocycles. The van der Waals surface area contributed by atoms with Gasteiger partial charge in [-0.15, -0.1) is 0 Å². The zero-order valence-corrected chi connectivity index (χ0v) is 18.4. The molecule has 0 atom stereocenters. The molecule has 0 saturated heterocycles. The van der Waals surface area contributed by atoms with Crippen molar-refractivity contribution in [3.05, 3.63) is 53.0 Å². The SMILES string of the molecule is COc1cc(/C=C/c2cc(C(C)(C)C)[o+]c(C(C)(C)C)c2)ccc1O.F[B-](F)(F)F. The highest BCUT2D eigenvalue weighted by atomic mass is 19.5. The summed E-state index contributed by atoms with van der Waals surface area (Å²) in [7, 11) is -4.45. The second-order valence-corrected chi connectivity index (χ2v) is 8.88. The highest BCUT2D eigenvalue weighted by molar-refractivity contribution is 6.50. The lowest BCUT2D eigenvalue weighted by molar-refractivity contribution is 0.328. The molecular formula is C22H29BF4O3. The van der Waals surface area contributed by atoms with Crippen LogP contribution in [0.1, 0.15) is 64.2 Å². The van der Waals surface area contributed by atoms with Crippen molar-refractivity contribution in [2.24, 2.45) is 0 Å². The van der Waals surface area contributed by atoms with Gasteiger partial charge in [0.25, 0.3) is 0 Å². The summed E-state index contributed by atoms with van der Waals surface area (Å²) in [5.74, 6) is 2.53. The third kappa shape index (κ3) is 8.88.